The van der Waals surface area contributed by atoms with E-state index in [9.17, 15) is 0 Å². The van der Waals surface area contributed by atoms with Crippen LogP contribution in [-0.2, 0) is 11.5 Å². The summed E-state index contributed by atoms with van der Waals surface area (Å²) < 4.78 is 10.5. The number of hydrogen-bond acceptors (Lipinski definition) is 5. The van der Waals surface area contributed by atoms with Crippen LogP contribution in [0, 0.1) is 0 Å². The molecule has 5 heteroatoms. The van der Waals surface area contributed by atoms with Gasteiger partial charge < -0.3 is 9.47 Å². The van der Waals surface area contributed by atoms with Gasteiger partial charge in [-0.2, -0.15) is 11.8 Å². The minimum Gasteiger partial charge on any atom is -0.497 e. The standard InChI is InChI=1S/C19H19NO2S2/c1-21-17-8-6-15(7-9-17)19-20-16(13-24-19)12-23-11-14-4-3-5-18(10-14)22-2/h3-10,13H,11-12H2,1-2H3. The van der Waals surface area contributed by atoms with E-state index >= 15 is 0 Å². The number of hydrogen-bond donors (Lipinski definition) is 0. The zero-order valence-electron chi connectivity index (χ0n) is 13.7. The molecule has 2 aromatic carbocycles. The lowest BCUT2D eigenvalue weighted by molar-refractivity contribution is 0.414. The Hall–Kier alpha value is -1.98. The van der Waals surface area contributed by atoms with Gasteiger partial charge in [-0.25, -0.2) is 4.98 Å². The van der Waals surface area contributed by atoms with E-state index in [2.05, 4.69) is 17.5 Å². The number of nitrogens with zero attached hydrogens (tertiary/aromatic N) is 1. The molecular formula is C19H19NO2S2. The first-order valence-corrected chi connectivity index (χ1v) is 9.61. The van der Waals surface area contributed by atoms with Gasteiger partial charge in [-0.3, -0.25) is 0 Å². The third-order valence-electron chi connectivity index (χ3n) is 3.54. The molecule has 124 valence electrons. The van der Waals surface area contributed by atoms with Gasteiger partial charge in [0.2, 0.25) is 0 Å². The quantitative estimate of drug-likeness (QED) is 0.577. The number of rotatable bonds is 7. The van der Waals surface area contributed by atoms with Gasteiger partial charge in [-0.15, -0.1) is 11.3 Å². The molecule has 0 amide bonds. The van der Waals surface area contributed by atoms with Gasteiger partial charge in [0.1, 0.15) is 16.5 Å². The third-order valence-corrected chi connectivity index (χ3v) is 5.52. The number of aromatic nitrogens is 1. The maximum Gasteiger partial charge on any atom is 0.123 e. The van der Waals surface area contributed by atoms with Gasteiger partial charge in [-0.1, -0.05) is 12.1 Å². The molecule has 0 atom stereocenters. The van der Waals surface area contributed by atoms with Crippen molar-refractivity contribution in [2.45, 2.75) is 11.5 Å². The molecule has 3 aromatic rings. The van der Waals surface area contributed by atoms with E-state index in [0.717, 1.165) is 39.3 Å². The Balaban J connectivity index is 1.57. The molecule has 24 heavy (non-hydrogen) atoms. The van der Waals surface area contributed by atoms with Crippen molar-refractivity contribution < 1.29 is 9.47 Å². The fourth-order valence-electron chi connectivity index (χ4n) is 2.28. The average molecular weight is 358 g/mol. The van der Waals surface area contributed by atoms with Crippen molar-refractivity contribution in [2.75, 3.05) is 14.2 Å². The van der Waals surface area contributed by atoms with Gasteiger partial charge in [-0.05, 0) is 42.0 Å². The monoisotopic (exact) mass is 357 g/mol. The minimum absolute atomic E-state index is 0.865. The second-order valence-corrected chi connectivity index (χ2v) is 7.06. The first-order valence-electron chi connectivity index (χ1n) is 7.58. The van der Waals surface area contributed by atoms with Crippen molar-refractivity contribution in [3.63, 3.8) is 0 Å². The summed E-state index contributed by atoms with van der Waals surface area (Å²) >= 11 is 3.55. The summed E-state index contributed by atoms with van der Waals surface area (Å²) in [7, 11) is 3.37. The zero-order valence-corrected chi connectivity index (χ0v) is 15.3. The number of thiazole rings is 1. The number of benzene rings is 2. The maximum absolute atomic E-state index is 5.26. The Morgan fingerprint density at radius 1 is 0.958 bits per heavy atom. The lowest BCUT2D eigenvalue weighted by atomic mass is 10.2. The summed E-state index contributed by atoms with van der Waals surface area (Å²) in [6.07, 6.45) is 0. The van der Waals surface area contributed by atoms with Crippen LogP contribution < -0.4 is 9.47 Å². The minimum atomic E-state index is 0.865. The Morgan fingerprint density at radius 2 is 1.75 bits per heavy atom. The molecule has 0 aliphatic carbocycles. The number of thioether (sulfide) groups is 1. The fraction of sp³-hybridized carbons (Fsp3) is 0.211. The Kier molecular flexibility index (Phi) is 5.77. The second kappa shape index (κ2) is 8.22. The van der Waals surface area contributed by atoms with Crippen molar-refractivity contribution in [1.29, 1.82) is 0 Å². The summed E-state index contributed by atoms with van der Waals surface area (Å²) in [6, 6.07) is 16.2. The summed E-state index contributed by atoms with van der Waals surface area (Å²) in [5, 5.41) is 3.19. The second-order valence-electron chi connectivity index (χ2n) is 5.22. The van der Waals surface area contributed by atoms with E-state index in [1.807, 2.05) is 48.2 Å². The van der Waals surface area contributed by atoms with E-state index in [-0.39, 0.29) is 0 Å². The van der Waals surface area contributed by atoms with E-state index < -0.39 is 0 Å². The number of ether oxygens (including phenoxy) is 2. The van der Waals surface area contributed by atoms with Crippen molar-refractivity contribution in [1.82, 2.24) is 4.98 Å². The van der Waals surface area contributed by atoms with Crippen LogP contribution in [0.5, 0.6) is 11.5 Å². The Morgan fingerprint density at radius 3 is 2.50 bits per heavy atom. The molecule has 3 rings (SSSR count). The average Bonchev–Trinajstić information content (AvgIpc) is 3.11. The molecule has 1 aromatic heterocycles. The van der Waals surface area contributed by atoms with Crippen LogP contribution in [0.2, 0.25) is 0 Å². The molecule has 0 spiro atoms. The molecule has 0 N–H and O–H groups in total. The van der Waals surface area contributed by atoms with Crippen LogP contribution in [0.15, 0.2) is 53.9 Å². The zero-order chi connectivity index (χ0) is 16.8. The lowest BCUT2D eigenvalue weighted by Crippen LogP contribution is -1.87. The summed E-state index contributed by atoms with van der Waals surface area (Å²) in [5.41, 5.74) is 3.52. The molecule has 0 radical (unpaired) electrons. The smallest absolute Gasteiger partial charge is 0.123 e. The molecule has 1 heterocycles. The highest BCUT2D eigenvalue weighted by atomic mass is 32.2. The first-order chi connectivity index (χ1) is 11.8. The highest BCUT2D eigenvalue weighted by Gasteiger charge is 2.06. The Labute approximate surface area is 150 Å². The molecule has 0 aliphatic rings. The van der Waals surface area contributed by atoms with Crippen molar-refractivity contribution >= 4 is 23.1 Å². The fourth-order valence-corrected chi connectivity index (χ4v) is 4.08. The molecule has 0 saturated heterocycles. The molecule has 0 saturated carbocycles. The SMILES string of the molecule is COc1ccc(-c2nc(CSCc3cccc(OC)c3)cs2)cc1. The molecule has 0 unspecified atom stereocenters. The molecule has 0 bridgehead atoms. The van der Waals surface area contributed by atoms with Crippen LogP contribution in [0.25, 0.3) is 10.6 Å². The normalized spacial score (nSPS) is 10.6. The van der Waals surface area contributed by atoms with E-state index in [1.54, 1.807) is 25.6 Å². The first kappa shape index (κ1) is 16.9. The molecule has 0 aliphatic heterocycles. The van der Waals surface area contributed by atoms with Crippen LogP contribution >= 0.6 is 23.1 Å². The number of methoxy groups -OCH3 is 2. The summed E-state index contributed by atoms with van der Waals surface area (Å²) in [6.45, 7) is 0. The van der Waals surface area contributed by atoms with Crippen LogP contribution in [0.1, 0.15) is 11.3 Å². The maximum atomic E-state index is 5.26. The molecule has 0 fully saturated rings. The van der Waals surface area contributed by atoms with Gasteiger partial charge >= 0.3 is 0 Å². The summed E-state index contributed by atoms with van der Waals surface area (Å²) in [4.78, 5) is 4.73. The third kappa shape index (κ3) is 4.30. The summed E-state index contributed by atoms with van der Waals surface area (Å²) in [5.74, 6) is 3.63. The van der Waals surface area contributed by atoms with Gasteiger partial charge in [0.15, 0.2) is 0 Å². The van der Waals surface area contributed by atoms with Crippen LogP contribution in [-0.4, -0.2) is 19.2 Å². The van der Waals surface area contributed by atoms with E-state index in [4.69, 9.17) is 14.5 Å². The highest BCUT2D eigenvalue weighted by molar-refractivity contribution is 7.97. The van der Waals surface area contributed by atoms with E-state index in [0.29, 0.717) is 0 Å². The Bertz CT molecular complexity index is 784. The lowest BCUT2D eigenvalue weighted by Gasteiger charge is -2.03. The molecular weight excluding hydrogens is 338 g/mol. The van der Waals surface area contributed by atoms with Gasteiger partial charge in [0.05, 0.1) is 19.9 Å². The van der Waals surface area contributed by atoms with Gasteiger partial charge in [0.25, 0.3) is 0 Å². The predicted molar refractivity (Wildman–Crippen MR) is 102 cm³/mol. The van der Waals surface area contributed by atoms with Crippen molar-refractivity contribution in [3.05, 3.63) is 65.2 Å². The largest absolute Gasteiger partial charge is 0.497 e. The topological polar surface area (TPSA) is 31.4 Å². The van der Waals surface area contributed by atoms with Crippen molar-refractivity contribution in [2.24, 2.45) is 0 Å². The predicted octanol–water partition coefficient (Wildman–Crippen LogP) is 5.26. The van der Waals surface area contributed by atoms with Crippen molar-refractivity contribution in [3.8, 4) is 22.1 Å². The highest BCUT2D eigenvalue weighted by Crippen LogP contribution is 2.28. The van der Waals surface area contributed by atoms with Gasteiger partial charge in [0, 0.05) is 22.4 Å². The van der Waals surface area contributed by atoms with Crippen LogP contribution in [0.3, 0.4) is 0 Å². The molecule has 3 nitrogen and oxygen atoms in total. The van der Waals surface area contributed by atoms with Crippen LogP contribution in [0.4, 0.5) is 0 Å². The van der Waals surface area contributed by atoms with E-state index in [1.165, 1.54) is 5.56 Å².